The number of guanidine groups is 1. The van der Waals surface area contributed by atoms with Gasteiger partial charge in [0.15, 0.2) is 5.96 Å². The lowest BCUT2D eigenvalue weighted by Crippen LogP contribution is -2.33. The molecule has 108 valence electrons. The van der Waals surface area contributed by atoms with Crippen LogP contribution in [0.5, 0.6) is 0 Å². The zero-order valence-corrected chi connectivity index (χ0v) is 12.6. The molecule has 2 heterocycles. The zero-order chi connectivity index (χ0) is 14.2. The van der Waals surface area contributed by atoms with Crippen molar-refractivity contribution in [2.45, 2.75) is 19.3 Å². The minimum absolute atomic E-state index is 0.535. The van der Waals surface area contributed by atoms with Crippen LogP contribution < -0.4 is 11.1 Å². The van der Waals surface area contributed by atoms with Gasteiger partial charge in [-0.1, -0.05) is 6.07 Å². The summed E-state index contributed by atoms with van der Waals surface area (Å²) in [6.45, 7) is 1.57. The number of thiophene rings is 1. The Morgan fingerprint density at radius 1 is 1.50 bits per heavy atom. The fourth-order valence-electron chi connectivity index (χ4n) is 1.91. The zero-order valence-electron chi connectivity index (χ0n) is 11.7. The largest absolute Gasteiger partial charge is 0.370 e. The van der Waals surface area contributed by atoms with Gasteiger partial charge in [-0.3, -0.25) is 9.67 Å². The fourth-order valence-corrected chi connectivity index (χ4v) is 2.62. The third kappa shape index (κ3) is 5.05. The second-order valence-corrected chi connectivity index (χ2v) is 5.68. The Hall–Kier alpha value is -1.82. The van der Waals surface area contributed by atoms with Crippen LogP contribution in [0, 0.1) is 0 Å². The van der Waals surface area contributed by atoms with Gasteiger partial charge in [0.1, 0.15) is 0 Å². The molecule has 0 aromatic carbocycles. The minimum atomic E-state index is 0.535. The molecule has 0 spiro atoms. The summed E-state index contributed by atoms with van der Waals surface area (Å²) in [5, 5.41) is 9.37. The molecule has 6 heteroatoms. The summed E-state index contributed by atoms with van der Waals surface area (Å²) in [4.78, 5) is 5.69. The Morgan fingerprint density at radius 2 is 2.40 bits per heavy atom. The highest BCUT2D eigenvalue weighted by Gasteiger charge is 1.97. The smallest absolute Gasteiger partial charge is 0.188 e. The van der Waals surface area contributed by atoms with Gasteiger partial charge in [-0.2, -0.15) is 5.10 Å². The molecule has 20 heavy (non-hydrogen) atoms. The standard InChI is InChI=1S/C14H21N5S/c1-19-11-12(10-18-19)4-2-7-16-14(15)17-8-6-13-5-3-9-20-13/h3,5,9-11H,2,4,6-8H2,1H3,(H3,15,16,17). The molecule has 3 N–H and O–H groups in total. The van der Waals surface area contributed by atoms with Crippen LogP contribution in [0.2, 0.25) is 0 Å². The predicted molar refractivity (Wildman–Crippen MR) is 84.0 cm³/mol. The van der Waals surface area contributed by atoms with Crippen molar-refractivity contribution >= 4 is 17.3 Å². The van der Waals surface area contributed by atoms with E-state index in [4.69, 9.17) is 5.73 Å². The van der Waals surface area contributed by atoms with Crippen LogP contribution in [-0.2, 0) is 19.9 Å². The van der Waals surface area contributed by atoms with E-state index in [-0.39, 0.29) is 0 Å². The molecule has 2 rings (SSSR count). The average Bonchev–Trinajstić information content (AvgIpc) is 3.06. The molecule has 0 radical (unpaired) electrons. The summed E-state index contributed by atoms with van der Waals surface area (Å²) in [5.74, 6) is 0.535. The predicted octanol–water partition coefficient (Wildman–Crippen LogP) is 1.56. The second kappa shape index (κ2) is 7.69. The quantitative estimate of drug-likeness (QED) is 0.462. The number of nitrogens with one attached hydrogen (secondary N) is 1. The summed E-state index contributed by atoms with van der Waals surface area (Å²) >= 11 is 1.77. The molecular weight excluding hydrogens is 270 g/mol. The number of aromatic nitrogens is 2. The number of hydrogen-bond acceptors (Lipinski definition) is 3. The maximum atomic E-state index is 5.82. The average molecular weight is 291 g/mol. The maximum absolute atomic E-state index is 5.82. The van der Waals surface area contributed by atoms with Gasteiger partial charge in [0.25, 0.3) is 0 Å². The van der Waals surface area contributed by atoms with Crippen molar-refractivity contribution in [2.75, 3.05) is 13.1 Å². The lowest BCUT2D eigenvalue weighted by molar-refractivity contribution is 0.765. The summed E-state index contributed by atoms with van der Waals surface area (Å²) < 4.78 is 1.82. The first-order valence-electron chi connectivity index (χ1n) is 6.78. The number of rotatable bonds is 7. The lowest BCUT2D eigenvalue weighted by atomic mass is 10.2. The van der Waals surface area contributed by atoms with E-state index in [1.807, 2.05) is 24.1 Å². The van der Waals surface area contributed by atoms with Crippen molar-refractivity contribution in [3.05, 3.63) is 40.3 Å². The van der Waals surface area contributed by atoms with Gasteiger partial charge in [0.05, 0.1) is 6.20 Å². The molecule has 2 aromatic heterocycles. The van der Waals surface area contributed by atoms with Crippen LogP contribution in [0.1, 0.15) is 16.9 Å². The molecule has 0 fully saturated rings. The normalized spacial score (nSPS) is 11.8. The molecule has 0 saturated heterocycles. The Kier molecular flexibility index (Phi) is 5.61. The van der Waals surface area contributed by atoms with Crippen molar-refractivity contribution in [1.29, 1.82) is 0 Å². The Bertz CT molecular complexity index is 530. The van der Waals surface area contributed by atoms with Crippen LogP contribution in [0.25, 0.3) is 0 Å². The van der Waals surface area contributed by atoms with Gasteiger partial charge in [0, 0.05) is 31.2 Å². The number of nitrogens with zero attached hydrogens (tertiary/aromatic N) is 3. The molecule has 0 amide bonds. The number of aryl methyl sites for hydroxylation is 2. The molecule has 0 saturated carbocycles. The summed E-state index contributed by atoms with van der Waals surface area (Å²) in [6.07, 6.45) is 6.89. The van der Waals surface area contributed by atoms with Gasteiger partial charge in [-0.05, 0) is 36.3 Å². The van der Waals surface area contributed by atoms with Gasteiger partial charge < -0.3 is 11.1 Å². The van der Waals surface area contributed by atoms with Crippen LogP contribution in [-0.4, -0.2) is 28.8 Å². The summed E-state index contributed by atoms with van der Waals surface area (Å²) in [5.41, 5.74) is 7.07. The number of hydrogen-bond donors (Lipinski definition) is 2. The summed E-state index contributed by atoms with van der Waals surface area (Å²) in [6, 6.07) is 4.20. The van der Waals surface area contributed by atoms with E-state index in [2.05, 4.69) is 32.9 Å². The first kappa shape index (κ1) is 14.6. The molecular formula is C14H21N5S. The van der Waals surface area contributed by atoms with Crippen molar-refractivity contribution < 1.29 is 0 Å². The van der Waals surface area contributed by atoms with Crippen LogP contribution in [0.3, 0.4) is 0 Å². The molecule has 0 bridgehead atoms. The Labute approximate surface area is 123 Å². The van der Waals surface area contributed by atoms with E-state index in [1.165, 1.54) is 10.4 Å². The van der Waals surface area contributed by atoms with E-state index in [0.717, 1.165) is 32.4 Å². The highest BCUT2D eigenvalue weighted by Crippen LogP contribution is 2.07. The SMILES string of the molecule is Cn1cc(CCCN=C(N)NCCc2cccs2)cn1. The number of nitrogens with two attached hydrogens (primary N) is 1. The van der Waals surface area contributed by atoms with E-state index in [9.17, 15) is 0 Å². The highest BCUT2D eigenvalue weighted by molar-refractivity contribution is 7.09. The molecule has 5 nitrogen and oxygen atoms in total. The van der Waals surface area contributed by atoms with Crippen molar-refractivity contribution in [3.63, 3.8) is 0 Å². The van der Waals surface area contributed by atoms with Crippen molar-refractivity contribution in [3.8, 4) is 0 Å². The third-order valence-corrected chi connectivity index (χ3v) is 3.86. The first-order valence-corrected chi connectivity index (χ1v) is 7.65. The van der Waals surface area contributed by atoms with Gasteiger partial charge in [-0.15, -0.1) is 11.3 Å². The van der Waals surface area contributed by atoms with E-state index in [0.29, 0.717) is 5.96 Å². The molecule has 2 aromatic rings. The van der Waals surface area contributed by atoms with Crippen molar-refractivity contribution in [2.24, 2.45) is 17.8 Å². The molecule has 0 unspecified atom stereocenters. The fraction of sp³-hybridized carbons (Fsp3) is 0.429. The second-order valence-electron chi connectivity index (χ2n) is 4.65. The Balaban J connectivity index is 1.59. The minimum Gasteiger partial charge on any atom is -0.370 e. The monoisotopic (exact) mass is 291 g/mol. The van der Waals surface area contributed by atoms with Gasteiger partial charge >= 0.3 is 0 Å². The maximum Gasteiger partial charge on any atom is 0.188 e. The van der Waals surface area contributed by atoms with Crippen LogP contribution >= 0.6 is 11.3 Å². The Morgan fingerprint density at radius 3 is 3.10 bits per heavy atom. The molecule has 0 aliphatic carbocycles. The lowest BCUT2D eigenvalue weighted by Gasteiger charge is -2.04. The van der Waals surface area contributed by atoms with Crippen LogP contribution in [0.4, 0.5) is 0 Å². The summed E-state index contributed by atoms with van der Waals surface area (Å²) in [7, 11) is 1.93. The third-order valence-electron chi connectivity index (χ3n) is 2.92. The number of aliphatic imine (C=N–C) groups is 1. The van der Waals surface area contributed by atoms with E-state index >= 15 is 0 Å². The first-order chi connectivity index (χ1) is 9.74. The van der Waals surface area contributed by atoms with Crippen molar-refractivity contribution in [1.82, 2.24) is 15.1 Å². The highest BCUT2D eigenvalue weighted by atomic mass is 32.1. The molecule has 0 atom stereocenters. The van der Waals surface area contributed by atoms with Gasteiger partial charge in [-0.25, -0.2) is 0 Å². The molecule has 0 aliphatic rings. The van der Waals surface area contributed by atoms with Crippen LogP contribution in [0.15, 0.2) is 34.9 Å². The van der Waals surface area contributed by atoms with E-state index < -0.39 is 0 Å². The molecule has 0 aliphatic heterocycles. The topological polar surface area (TPSA) is 68.2 Å². The van der Waals surface area contributed by atoms with Gasteiger partial charge in [0.2, 0.25) is 0 Å². The van der Waals surface area contributed by atoms with E-state index in [1.54, 1.807) is 11.3 Å².